The number of nitrogens with zero attached hydrogens (tertiary/aromatic N) is 2. The monoisotopic (exact) mass is 197 g/mol. The number of aromatic nitrogens is 2. The highest BCUT2D eigenvalue weighted by Gasteiger charge is 2.21. The molecule has 1 unspecified atom stereocenters. The predicted octanol–water partition coefficient (Wildman–Crippen LogP) is 0.323. The Labute approximate surface area is 84.9 Å². The fraction of sp³-hybridized carbons (Fsp3) is 0.700. The first-order valence-electron chi connectivity index (χ1n) is 4.89. The first-order chi connectivity index (χ1) is 6.53. The van der Waals surface area contributed by atoms with Crippen LogP contribution in [0.1, 0.15) is 19.0 Å². The van der Waals surface area contributed by atoms with Crippen LogP contribution >= 0.6 is 0 Å². The van der Waals surface area contributed by atoms with Gasteiger partial charge in [0.25, 0.3) is 0 Å². The minimum atomic E-state index is -0.669. The van der Waals surface area contributed by atoms with Crippen LogP contribution in [0.2, 0.25) is 0 Å². The summed E-state index contributed by atoms with van der Waals surface area (Å²) in [5, 5.41) is 17.3. The molecule has 0 spiro atoms. The molecule has 0 radical (unpaired) electrons. The Morgan fingerprint density at radius 2 is 2.36 bits per heavy atom. The van der Waals surface area contributed by atoms with Crippen molar-refractivity contribution in [2.24, 2.45) is 7.05 Å². The van der Waals surface area contributed by atoms with Crippen LogP contribution in [0.3, 0.4) is 0 Å². The molecule has 0 aliphatic rings. The molecule has 0 bridgehead atoms. The van der Waals surface area contributed by atoms with E-state index in [9.17, 15) is 5.11 Å². The van der Waals surface area contributed by atoms with Gasteiger partial charge in [-0.05, 0) is 33.0 Å². The van der Waals surface area contributed by atoms with Gasteiger partial charge in [0.05, 0.1) is 11.3 Å². The average Bonchev–Trinajstić information content (AvgIpc) is 2.47. The molecule has 80 valence electrons. The van der Waals surface area contributed by atoms with Crippen LogP contribution in [0.4, 0.5) is 0 Å². The average molecular weight is 197 g/mol. The van der Waals surface area contributed by atoms with Gasteiger partial charge < -0.3 is 10.4 Å². The van der Waals surface area contributed by atoms with Crippen molar-refractivity contribution < 1.29 is 5.11 Å². The summed E-state index contributed by atoms with van der Waals surface area (Å²) in [6, 6.07) is 1.94. The summed E-state index contributed by atoms with van der Waals surface area (Å²) in [6.07, 6.45) is 3.24. The Morgan fingerprint density at radius 3 is 2.86 bits per heavy atom. The molecule has 0 aliphatic heterocycles. The minimum Gasteiger partial charge on any atom is -0.390 e. The van der Waals surface area contributed by atoms with Gasteiger partial charge in [0.1, 0.15) is 0 Å². The summed E-state index contributed by atoms with van der Waals surface area (Å²) in [4.78, 5) is 0. The third kappa shape index (κ3) is 3.47. The second-order valence-corrected chi connectivity index (χ2v) is 4.01. The van der Waals surface area contributed by atoms with Crippen LogP contribution in [0.15, 0.2) is 12.3 Å². The Bertz CT molecular complexity index is 281. The summed E-state index contributed by atoms with van der Waals surface area (Å²) < 4.78 is 1.75. The van der Waals surface area contributed by atoms with Crippen molar-refractivity contribution in [2.75, 3.05) is 13.6 Å². The second kappa shape index (κ2) is 4.57. The number of aliphatic hydroxyl groups is 1. The molecule has 14 heavy (non-hydrogen) atoms. The molecular formula is C10H19N3O. The van der Waals surface area contributed by atoms with E-state index in [1.807, 2.05) is 33.3 Å². The van der Waals surface area contributed by atoms with Gasteiger partial charge in [-0.25, -0.2) is 0 Å². The topological polar surface area (TPSA) is 50.1 Å². The number of hydrogen-bond acceptors (Lipinski definition) is 3. The number of aryl methyl sites for hydroxylation is 1. The highest BCUT2D eigenvalue weighted by atomic mass is 16.3. The van der Waals surface area contributed by atoms with E-state index >= 15 is 0 Å². The van der Waals surface area contributed by atoms with Crippen molar-refractivity contribution in [2.45, 2.75) is 25.4 Å². The molecule has 0 amide bonds. The zero-order valence-electron chi connectivity index (χ0n) is 9.12. The van der Waals surface area contributed by atoms with Crippen molar-refractivity contribution in [1.29, 1.82) is 0 Å². The molecular weight excluding hydrogens is 178 g/mol. The molecule has 2 N–H and O–H groups in total. The van der Waals surface area contributed by atoms with E-state index in [4.69, 9.17) is 0 Å². The number of hydrogen-bond donors (Lipinski definition) is 2. The SMILES string of the molecule is CNCCC(C)(O)Cc1ccn(C)n1. The van der Waals surface area contributed by atoms with E-state index in [2.05, 4.69) is 10.4 Å². The lowest BCUT2D eigenvalue weighted by atomic mass is 9.96. The summed E-state index contributed by atoms with van der Waals surface area (Å²) in [7, 11) is 3.77. The standard InChI is InChI=1S/C10H19N3O/c1-10(14,5-6-11-2)8-9-4-7-13(3)12-9/h4,7,11,14H,5-6,8H2,1-3H3. The Hall–Kier alpha value is -0.870. The lowest BCUT2D eigenvalue weighted by molar-refractivity contribution is 0.0510. The quantitative estimate of drug-likeness (QED) is 0.715. The van der Waals surface area contributed by atoms with E-state index in [1.54, 1.807) is 4.68 Å². The molecule has 1 rings (SSSR count). The zero-order valence-corrected chi connectivity index (χ0v) is 9.12. The summed E-state index contributed by atoms with van der Waals surface area (Å²) >= 11 is 0. The second-order valence-electron chi connectivity index (χ2n) is 4.01. The molecule has 4 heteroatoms. The summed E-state index contributed by atoms with van der Waals surface area (Å²) in [5.74, 6) is 0. The van der Waals surface area contributed by atoms with Crippen molar-refractivity contribution in [3.8, 4) is 0 Å². The maximum Gasteiger partial charge on any atom is 0.0687 e. The fourth-order valence-electron chi connectivity index (χ4n) is 1.43. The van der Waals surface area contributed by atoms with E-state index in [0.29, 0.717) is 6.42 Å². The molecule has 0 saturated heterocycles. The van der Waals surface area contributed by atoms with Gasteiger partial charge in [-0.15, -0.1) is 0 Å². The maximum atomic E-state index is 10.0. The van der Waals surface area contributed by atoms with Gasteiger partial charge in [-0.1, -0.05) is 0 Å². The zero-order chi connectivity index (χ0) is 10.6. The number of rotatable bonds is 5. The fourth-order valence-corrected chi connectivity index (χ4v) is 1.43. The van der Waals surface area contributed by atoms with Crippen molar-refractivity contribution in [1.82, 2.24) is 15.1 Å². The molecule has 0 aliphatic carbocycles. The molecule has 1 heterocycles. The maximum absolute atomic E-state index is 10.0. The first kappa shape index (κ1) is 11.2. The molecule has 1 aromatic rings. The van der Waals surface area contributed by atoms with Gasteiger partial charge in [0.15, 0.2) is 0 Å². The summed E-state index contributed by atoms with van der Waals surface area (Å²) in [6.45, 7) is 2.67. The van der Waals surface area contributed by atoms with Crippen LogP contribution in [-0.2, 0) is 13.5 Å². The van der Waals surface area contributed by atoms with Crippen LogP contribution in [0.25, 0.3) is 0 Å². The van der Waals surface area contributed by atoms with Crippen LogP contribution in [0.5, 0.6) is 0 Å². The van der Waals surface area contributed by atoms with E-state index in [0.717, 1.165) is 18.7 Å². The van der Waals surface area contributed by atoms with Gasteiger partial charge in [-0.2, -0.15) is 5.10 Å². The number of nitrogens with one attached hydrogen (secondary N) is 1. The third-order valence-corrected chi connectivity index (χ3v) is 2.24. The lowest BCUT2D eigenvalue weighted by Crippen LogP contribution is -2.31. The minimum absolute atomic E-state index is 0.607. The normalized spacial score (nSPS) is 15.4. The molecule has 1 aromatic heterocycles. The van der Waals surface area contributed by atoms with Crippen LogP contribution in [0, 0.1) is 0 Å². The molecule has 0 saturated carbocycles. The van der Waals surface area contributed by atoms with Crippen LogP contribution in [-0.4, -0.2) is 34.1 Å². The van der Waals surface area contributed by atoms with Gasteiger partial charge >= 0.3 is 0 Å². The van der Waals surface area contributed by atoms with E-state index in [1.165, 1.54) is 0 Å². The van der Waals surface area contributed by atoms with Crippen molar-refractivity contribution in [3.63, 3.8) is 0 Å². The van der Waals surface area contributed by atoms with Crippen molar-refractivity contribution >= 4 is 0 Å². The molecule has 0 aromatic carbocycles. The van der Waals surface area contributed by atoms with Gasteiger partial charge in [0, 0.05) is 19.7 Å². The predicted molar refractivity (Wildman–Crippen MR) is 56.1 cm³/mol. The lowest BCUT2D eigenvalue weighted by Gasteiger charge is -2.21. The Balaban J connectivity index is 2.49. The summed E-state index contributed by atoms with van der Waals surface area (Å²) in [5.41, 5.74) is 0.269. The van der Waals surface area contributed by atoms with E-state index < -0.39 is 5.60 Å². The molecule has 4 nitrogen and oxygen atoms in total. The Kier molecular flexibility index (Phi) is 3.66. The smallest absolute Gasteiger partial charge is 0.0687 e. The third-order valence-electron chi connectivity index (χ3n) is 2.24. The van der Waals surface area contributed by atoms with Gasteiger partial charge in [0.2, 0.25) is 0 Å². The van der Waals surface area contributed by atoms with Gasteiger partial charge in [-0.3, -0.25) is 4.68 Å². The van der Waals surface area contributed by atoms with Crippen LogP contribution < -0.4 is 5.32 Å². The Morgan fingerprint density at radius 1 is 1.64 bits per heavy atom. The largest absolute Gasteiger partial charge is 0.390 e. The van der Waals surface area contributed by atoms with Crippen molar-refractivity contribution in [3.05, 3.63) is 18.0 Å². The molecule has 1 atom stereocenters. The van der Waals surface area contributed by atoms with E-state index in [-0.39, 0.29) is 0 Å². The highest BCUT2D eigenvalue weighted by molar-refractivity contribution is 5.02. The highest BCUT2D eigenvalue weighted by Crippen LogP contribution is 2.14. The molecule has 0 fully saturated rings. The first-order valence-corrected chi connectivity index (χ1v) is 4.89.